The Hall–Kier alpha value is -1.75. The number of hydrogen-bond acceptors (Lipinski definition) is 4. The van der Waals surface area contributed by atoms with Gasteiger partial charge in [-0.1, -0.05) is 20.8 Å². The smallest absolute Gasteiger partial charge is 0.178 e. The normalized spacial score (nSPS) is 11.0. The van der Waals surface area contributed by atoms with Gasteiger partial charge in [-0.25, -0.2) is 15.0 Å². The first-order valence-corrected chi connectivity index (χ1v) is 7.77. The number of nitrogens with zero attached hydrogens (tertiary/aromatic N) is 4. The number of aryl methyl sites for hydroxylation is 3. The number of aromatic nitrogens is 4. The molecule has 0 aliphatic rings. The fraction of sp³-hybridized carbons (Fsp3) is 0.562. The van der Waals surface area contributed by atoms with Crippen molar-refractivity contribution in [3.05, 3.63) is 29.5 Å². The molecule has 0 unspecified atom stereocenters. The minimum absolute atomic E-state index is 0.788. The number of likely N-dealkylation sites (N-methyl/N-ethyl adjacent to an activating group) is 1. The molecule has 114 valence electrons. The molecule has 0 fully saturated rings. The summed E-state index contributed by atoms with van der Waals surface area (Å²) in [6.45, 7) is 8.42. The monoisotopic (exact) mass is 287 g/mol. The third-order valence-corrected chi connectivity index (χ3v) is 3.70. The zero-order valence-corrected chi connectivity index (χ0v) is 13.5. The molecule has 2 aromatic rings. The van der Waals surface area contributed by atoms with Gasteiger partial charge in [-0.2, -0.15) is 0 Å². The maximum atomic E-state index is 4.78. The summed E-state index contributed by atoms with van der Waals surface area (Å²) in [6.07, 6.45) is 6.47. The maximum Gasteiger partial charge on any atom is 0.178 e. The highest BCUT2D eigenvalue weighted by atomic mass is 15.1. The Bertz CT molecular complexity index is 563. The van der Waals surface area contributed by atoms with E-state index in [4.69, 9.17) is 9.97 Å². The fourth-order valence-electron chi connectivity index (χ4n) is 2.53. The van der Waals surface area contributed by atoms with E-state index in [0.29, 0.717) is 0 Å². The lowest BCUT2D eigenvalue weighted by molar-refractivity contribution is 0.701. The van der Waals surface area contributed by atoms with E-state index in [0.717, 1.165) is 55.3 Å². The number of nitrogens with one attached hydrogen (secondary N) is 1. The first kappa shape index (κ1) is 15.6. The van der Waals surface area contributed by atoms with Crippen LogP contribution in [0.15, 0.2) is 12.5 Å². The summed E-state index contributed by atoms with van der Waals surface area (Å²) in [5.74, 6) is 0.788. The molecule has 1 N–H and O–H groups in total. The summed E-state index contributed by atoms with van der Waals surface area (Å²) in [4.78, 5) is 13.7. The van der Waals surface area contributed by atoms with Crippen LogP contribution < -0.4 is 5.32 Å². The van der Waals surface area contributed by atoms with E-state index in [1.165, 1.54) is 5.56 Å². The van der Waals surface area contributed by atoms with Gasteiger partial charge < -0.3 is 9.88 Å². The molecule has 2 rings (SSSR count). The van der Waals surface area contributed by atoms with Gasteiger partial charge in [0.2, 0.25) is 0 Å². The molecule has 2 aromatic heterocycles. The Morgan fingerprint density at radius 2 is 1.76 bits per heavy atom. The summed E-state index contributed by atoms with van der Waals surface area (Å²) in [7, 11) is 1.97. The Morgan fingerprint density at radius 3 is 2.24 bits per heavy atom. The van der Waals surface area contributed by atoms with Gasteiger partial charge in [0, 0.05) is 18.4 Å². The average molecular weight is 287 g/mol. The van der Waals surface area contributed by atoms with E-state index in [2.05, 4.69) is 31.1 Å². The van der Waals surface area contributed by atoms with Gasteiger partial charge >= 0.3 is 0 Å². The molecule has 0 saturated heterocycles. The summed E-state index contributed by atoms with van der Waals surface area (Å²) >= 11 is 0. The molecule has 0 amide bonds. The van der Waals surface area contributed by atoms with Crippen molar-refractivity contribution in [2.75, 3.05) is 13.1 Å². The minimum Gasteiger partial charge on any atom is -0.331 e. The van der Waals surface area contributed by atoms with Crippen molar-refractivity contribution in [2.24, 2.45) is 7.05 Å². The van der Waals surface area contributed by atoms with Crippen LogP contribution in [0.2, 0.25) is 0 Å². The minimum atomic E-state index is 0.788. The molecule has 2 heterocycles. The van der Waals surface area contributed by atoms with Gasteiger partial charge in [0.1, 0.15) is 5.69 Å². The molecule has 0 atom stereocenters. The third-order valence-electron chi connectivity index (χ3n) is 3.70. The molecule has 0 spiro atoms. The molecular weight excluding hydrogens is 262 g/mol. The van der Waals surface area contributed by atoms with Gasteiger partial charge in [-0.05, 0) is 37.9 Å². The SMILES string of the molecule is CCNCCc1c(CC)nc(-c2cncn2C)nc1CC. The van der Waals surface area contributed by atoms with E-state index < -0.39 is 0 Å². The Kier molecular flexibility index (Phi) is 5.44. The quantitative estimate of drug-likeness (QED) is 0.793. The van der Waals surface area contributed by atoms with Gasteiger partial charge in [0.05, 0.1) is 12.5 Å². The fourth-order valence-corrected chi connectivity index (χ4v) is 2.53. The predicted octanol–water partition coefficient (Wildman–Crippen LogP) is 2.15. The van der Waals surface area contributed by atoms with E-state index in [1.807, 2.05) is 17.8 Å². The molecule has 5 heteroatoms. The molecule has 0 bridgehead atoms. The van der Waals surface area contributed by atoms with Crippen molar-refractivity contribution in [2.45, 2.75) is 40.0 Å². The van der Waals surface area contributed by atoms with E-state index >= 15 is 0 Å². The molecule has 0 aliphatic heterocycles. The van der Waals surface area contributed by atoms with E-state index in [-0.39, 0.29) is 0 Å². The zero-order chi connectivity index (χ0) is 15.2. The van der Waals surface area contributed by atoms with Gasteiger partial charge in [-0.15, -0.1) is 0 Å². The molecule has 5 nitrogen and oxygen atoms in total. The maximum absolute atomic E-state index is 4.78. The summed E-state index contributed by atoms with van der Waals surface area (Å²) in [6, 6.07) is 0. The van der Waals surface area contributed by atoms with Gasteiger partial charge in [-0.3, -0.25) is 0 Å². The van der Waals surface area contributed by atoms with Crippen LogP contribution in [0.1, 0.15) is 37.7 Å². The van der Waals surface area contributed by atoms with Crippen LogP contribution in [0.3, 0.4) is 0 Å². The van der Waals surface area contributed by atoms with Crippen LogP contribution in [0.5, 0.6) is 0 Å². The Labute approximate surface area is 126 Å². The van der Waals surface area contributed by atoms with Crippen molar-refractivity contribution in [3.8, 4) is 11.5 Å². The van der Waals surface area contributed by atoms with Gasteiger partial charge in [0.25, 0.3) is 0 Å². The van der Waals surface area contributed by atoms with Crippen LogP contribution in [-0.4, -0.2) is 32.6 Å². The van der Waals surface area contributed by atoms with Gasteiger partial charge in [0.15, 0.2) is 5.82 Å². The molecule has 0 saturated carbocycles. The first-order valence-electron chi connectivity index (χ1n) is 7.77. The van der Waals surface area contributed by atoms with Crippen LogP contribution in [0.4, 0.5) is 0 Å². The largest absolute Gasteiger partial charge is 0.331 e. The molecule has 0 aliphatic carbocycles. The van der Waals surface area contributed by atoms with Crippen LogP contribution in [0.25, 0.3) is 11.5 Å². The lowest BCUT2D eigenvalue weighted by Gasteiger charge is -2.14. The average Bonchev–Trinajstić information content (AvgIpc) is 2.93. The van der Waals surface area contributed by atoms with Crippen molar-refractivity contribution in [1.82, 2.24) is 24.8 Å². The zero-order valence-electron chi connectivity index (χ0n) is 13.5. The molecule has 21 heavy (non-hydrogen) atoms. The lowest BCUT2D eigenvalue weighted by Crippen LogP contribution is -2.19. The highest BCUT2D eigenvalue weighted by Gasteiger charge is 2.14. The topological polar surface area (TPSA) is 55.6 Å². The highest BCUT2D eigenvalue weighted by Crippen LogP contribution is 2.20. The van der Waals surface area contributed by atoms with E-state index in [1.54, 1.807) is 6.33 Å². The summed E-state index contributed by atoms with van der Waals surface area (Å²) in [5, 5.41) is 3.38. The number of hydrogen-bond donors (Lipinski definition) is 1. The Morgan fingerprint density at radius 1 is 1.10 bits per heavy atom. The second-order valence-corrected chi connectivity index (χ2v) is 5.12. The highest BCUT2D eigenvalue weighted by molar-refractivity contribution is 5.50. The van der Waals surface area contributed by atoms with Crippen LogP contribution in [-0.2, 0) is 26.3 Å². The second kappa shape index (κ2) is 7.31. The third kappa shape index (κ3) is 3.47. The number of rotatable bonds is 7. The predicted molar refractivity (Wildman–Crippen MR) is 85.2 cm³/mol. The van der Waals surface area contributed by atoms with Crippen molar-refractivity contribution < 1.29 is 0 Å². The second-order valence-electron chi connectivity index (χ2n) is 5.12. The molecule has 0 radical (unpaired) electrons. The van der Waals surface area contributed by atoms with E-state index in [9.17, 15) is 0 Å². The standard InChI is InChI=1S/C16H25N5/c1-5-13-12(8-9-17-7-3)14(6-2)20-16(19-13)15-10-18-11-21(15)4/h10-11,17H,5-9H2,1-4H3. The van der Waals surface area contributed by atoms with Crippen molar-refractivity contribution >= 4 is 0 Å². The number of imidazole rings is 1. The lowest BCUT2D eigenvalue weighted by atomic mass is 10.0. The van der Waals surface area contributed by atoms with Crippen molar-refractivity contribution in [1.29, 1.82) is 0 Å². The van der Waals surface area contributed by atoms with Crippen molar-refractivity contribution in [3.63, 3.8) is 0 Å². The summed E-state index contributed by atoms with van der Waals surface area (Å²) < 4.78 is 1.96. The van der Waals surface area contributed by atoms with Crippen LogP contribution in [0, 0.1) is 0 Å². The first-order chi connectivity index (χ1) is 10.2. The summed E-state index contributed by atoms with van der Waals surface area (Å²) in [5.41, 5.74) is 4.61. The molecular formula is C16H25N5. The van der Waals surface area contributed by atoms with Crippen LogP contribution >= 0.6 is 0 Å². The molecule has 0 aromatic carbocycles. The Balaban J connectivity index is 2.41.